The van der Waals surface area contributed by atoms with E-state index in [0.29, 0.717) is 45.3 Å². The Morgan fingerprint density at radius 3 is 2.28 bits per heavy atom. The highest BCUT2D eigenvalue weighted by atomic mass is 79.9. The number of piperidine rings is 2. The minimum absolute atomic E-state index is 0.0746. The normalized spacial score (nSPS) is 18.2. The molecule has 3 aliphatic heterocycles. The van der Waals surface area contributed by atoms with Crippen molar-refractivity contribution in [2.75, 3.05) is 39.3 Å². The van der Waals surface area contributed by atoms with Crippen LogP contribution in [-0.2, 0) is 16.1 Å². The molecule has 3 aromatic carbocycles. The maximum Gasteiger partial charge on any atom is 0.262 e. The summed E-state index contributed by atoms with van der Waals surface area (Å²) < 4.78 is 11.5. The number of methoxy groups -OCH3 is 2. The predicted molar refractivity (Wildman–Crippen MR) is 188 cm³/mol. The van der Waals surface area contributed by atoms with Gasteiger partial charge in [0, 0.05) is 60.0 Å². The number of anilines is 1. The second-order valence-electron chi connectivity index (χ2n) is 12.8. The number of carbonyl (C=O) groups is 4. The molecule has 13 nitrogen and oxygen atoms in total. The van der Waals surface area contributed by atoms with Gasteiger partial charge in [-0.25, -0.2) is 4.98 Å². The zero-order valence-electron chi connectivity index (χ0n) is 27.7. The fourth-order valence-electron chi connectivity index (χ4n) is 7.08. The Morgan fingerprint density at radius 1 is 0.920 bits per heavy atom. The van der Waals surface area contributed by atoms with Crippen molar-refractivity contribution in [3.05, 3.63) is 80.0 Å². The number of halogens is 1. The van der Waals surface area contributed by atoms with Gasteiger partial charge in [0.05, 0.1) is 30.9 Å². The molecule has 4 aromatic rings. The lowest BCUT2D eigenvalue weighted by atomic mass is 10.0. The molecule has 0 spiro atoms. The molecule has 4 amide bonds. The minimum atomic E-state index is -1.000. The maximum atomic E-state index is 13.3. The lowest BCUT2D eigenvalue weighted by Crippen LogP contribution is -2.54. The fourth-order valence-corrected chi connectivity index (χ4v) is 7.54. The number of hydrogen-bond donors (Lipinski definition) is 2. The van der Waals surface area contributed by atoms with Gasteiger partial charge in [-0.2, -0.15) is 0 Å². The highest BCUT2D eigenvalue weighted by Crippen LogP contribution is 2.34. The summed E-state index contributed by atoms with van der Waals surface area (Å²) in [7, 11) is 5.11. The number of fused-ring (bicyclic) bond motifs is 2. The van der Waals surface area contributed by atoms with Gasteiger partial charge in [-0.15, -0.1) is 0 Å². The van der Waals surface area contributed by atoms with E-state index in [1.165, 1.54) is 7.11 Å². The van der Waals surface area contributed by atoms with E-state index in [1.54, 1.807) is 31.4 Å². The van der Waals surface area contributed by atoms with Crippen LogP contribution < -0.4 is 25.2 Å². The van der Waals surface area contributed by atoms with Gasteiger partial charge < -0.3 is 19.4 Å². The number of imide groups is 2. The van der Waals surface area contributed by atoms with Crippen molar-refractivity contribution < 1.29 is 28.7 Å². The first-order chi connectivity index (χ1) is 24.1. The Bertz CT molecular complexity index is 2110. The molecular weight excluding hydrogens is 708 g/mol. The van der Waals surface area contributed by atoms with Crippen LogP contribution in [0.4, 0.5) is 5.69 Å². The zero-order valence-corrected chi connectivity index (χ0v) is 29.3. The van der Waals surface area contributed by atoms with E-state index in [-0.39, 0.29) is 29.5 Å². The van der Waals surface area contributed by atoms with E-state index in [1.807, 2.05) is 24.3 Å². The Kier molecular flexibility index (Phi) is 8.91. The number of amides is 4. The first-order valence-electron chi connectivity index (χ1n) is 16.3. The number of nitrogens with zero attached hydrogens (tertiary/aromatic N) is 4. The molecule has 2 N–H and O–H groups in total. The van der Waals surface area contributed by atoms with Crippen LogP contribution in [0.2, 0.25) is 0 Å². The summed E-state index contributed by atoms with van der Waals surface area (Å²) in [6, 6.07) is 14.0. The van der Waals surface area contributed by atoms with E-state index in [4.69, 9.17) is 14.5 Å². The molecular formula is C36H35BrN6O7. The SMILES string of the molecule is COc1cc(OC)c2c(=O)[nH]c(-c3ccc(N4CCC(N(C)Cc5cc6c(cc5Br)C(=O)N(C5CCC(=O)NC5=O)C6=O)CC4)cc3)nc2c1. The fraction of sp³-hybridized carbons (Fsp3) is 0.333. The molecule has 258 valence electrons. The topological polar surface area (TPSA) is 154 Å². The molecule has 1 unspecified atom stereocenters. The smallest absolute Gasteiger partial charge is 0.262 e. The number of aromatic nitrogens is 2. The van der Waals surface area contributed by atoms with Gasteiger partial charge in [-0.3, -0.25) is 39.1 Å². The number of carbonyl (C=O) groups excluding carboxylic acids is 4. The predicted octanol–water partition coefficient (Wildman–Crippen LogP) is 3.87. The number of rotatable bonds is 8. The molecule has 2 fully saturated rings. The average molecular weight is 744 g/mol. The average Bonchev–Trinajstić information content (AvgIpc) is 3.35. The van der Waals surface area contributed by atoms with Crippen LogP contribution in [0.5, 0.6) is 11.5 Å². The van der Waals surface area contributed by atoms with E-state index < -0.39 is 29.7 Å². The molecule has 1 aromatic heterocycles. The van der Waals surface area contributed by atoms with Gasteiger partial charge in [0.1, 0.15) is 28.8 Å². The van der Waals surface area contributed by atoms with Gasteiger partial charge in [0.15, 0.2) is 0 Å². The zero-order chi connectivity index (χ0) is 35.3. The molecule has 7 rings (SSSR count). The first-order valence-corrected chi connectivity index (χ1v) is 17.1. The van der Waals surface area contributed by atoms with Crippen molar-refractivity contribution in [1.82, 2.24) is 25.1 Å². The van der Waals surface area contributed by atoms with Gasteiger partial charge >= 0.3 is 0 Å². The van der Waals surface area contributed by atoms with Crippen molar-refractivity contribution in [2.24, 2.45) is 0 Å². The molecule has 50 heavy (non-hydrogen) atoms. The maximum absolute atomic E-state index is 13.3. The van der Waals surface area contributed by atoms with E-state index in [0.717, 1.165) is 47.6 Å². The van der Waals surface area contributed by atoms with E-state index in [9.17, 15) is 24.0 Å². The molecule has 1 atom stereocenters. The second kappa shape index (κ2) is 13.3. The van der Waals surface area contributed by atoms with Crippen LogP contribution in [0.1, 0.15) is 52.0 Å². The largest absolute Gasteiger partial charge is 0.497 e. The Labute approximate surface area is 295 Å². The summed E-state index contributed by atoms with van der Waals surface area (Å²) in [5, 5.41) is 2.60. The number of nitrogens with one attached hydrogen (secondary N) is 2. The molecule has 14 heteroatoms. The van der Waals surface area contributed by atoms with Crippen molar-refractivity contribution in [1.29, 1.82) is 0 Å². The summed E-state index contributed by atoms with van der Waals surface area (Å²) in [4.78, 5) is 76.7. The summed E-state index contributed by atoms with van der Waals surface area (Å²) >= 11 is 3.60. The molecule has 0 saturated carbocycles. The third-order valence-corrected chi connectivity index (χ3v) is 10.6. The third kappa shape index (κ3) is 6.02. The van der Waals surface area contributed by atoms with Gasteiger partial charge in [0.2, 0.25) is 11.8 Å². The van der Waals surface area contributed by atoms with Gasteiger partial charge in [-0.1, -0.05) is 15.9 Å². The van der Waals surface area contributed by atoms with Crippen molar-refractivity contribution in [2.45, 2.75) is 44.3 Å². The molecule has 3 aliphatic rings. The van der Waals surface area contributed by atoms with Crippen LogP contribution in [0.3, 0.4) is 0 Å². The highest BCUT2D eigenvalue weighted by molar-refractivity contribution is 9.10. The Balaban J connectivity index is 0.998. The highest BCUT2D eigenvalue weighted by Gasteiger charge is 2.45. The number of hydrogen-bond acceptors (Lipinski definition) is 10. The Hall–Kier alpha value is -5.08. The number of ether oxygens (including phenoxy) is 2. The van der Waals surface area contributed by atoms with Crippen LogP contribution in [0.25, 0.3) is 22.3 Å². The summed E-state index contributed by atoms with van der Waals surface area (Å²) in [6.45, 7) is 2.25. The molecule has 0 aliphatic carbocycles. The number of aromatic amines is 1. The standard InChI is InChI=1S/C36H35BrN6O7/c1-41(18-20-14-24-25(17-26(20)37)36(48)43(35(24)47)28-8-9-30(44)39-33(28)45)21-10-12-42(13-11-21)22-6-4-19(5-7-22)32-38-27-15-23(49-2)16-29(50-3)31(27)34(46)40-32/h4-7,14-17,21,28H,8-13,18H2,1-3H3,(H,38,40,46)(H,39,44,45). The quantitative estimate of drug-likeness (QED) is 0.255. The minimum Gasteiger partial charge on any atom is -0.497 e. The van der Waals surface area contributed by atoms with Crippen LogP contribution in [0.15, 0.2) is 57.8 Å². The van der Waals surface area contributed by atoms with Crippen molar-refractivity contribution in [3.8, 4) is 22.9 Å². The number of benzene rings is 3. The van der Waals surface area contributed by atoms with E-state index >= 15 is 0 Å². The van der Waals surface area contributed by atoms with E-state index in [2.05, 4.69) is 43.1 Å². The lowest BCUT2D eigenvalue weighted by Gasteiger charge is -2.38. The second-order valence-corrected chi connectivity index (χ2v) is 13.6. The van der Waals surface area contributed by atoms with Crippen molar-refractivity contribution >= 4 is 56.1 Å². The molecule has 2 saturated heterocycles. The van der Waals surface area contributed by atoms with Crippen LogP contribution >= 0.6 is 15.9 Å². The van der Waals surface area contributed by atoms with Gasteiger partial charge in [0.25, 0.3) is 17.4 Å². The number of H-pyrrole nitrogens is 1. The van der Waals surface area contributed by atoms with Crippen LogP contribution in [-0.4, -0.2) is 89.8 Å². The summed E-state index contributed by atoms with van der Waals surface area (Å²) in [6.07, 6.45) is 2.03. The van der Waals surface area contributed by atoms with Gasteiger partial charge in [-0.05, 0) is 68.3 Å². The third-order valence-electron chi connectivity index (χ3n) is 9.82. The monoisotopic (exact) mass is 742 g/mol. The molecule has 0 bridgehead atoms. The first kappa shape index (κ1) is 33.4. The molecule has 0 radical (unpaired) electrons. The Morgan fingerprint density at radius 2 is 1.62 bits per heavy atom. The van der Waals surface area contributed by atoms with Crippen molar-refractivity contribution in [3.63, 3.8) is 0 Å². The lowest BCUT2D eigenvalue weighted by molar-refractivity contribution is -0.136. The summed E-state index contributed by atoms with van der Waals surface area (Å²) in [5.41, 5.74) is 3.44. The van der Waals surface area contributed by atoms with Crippen LogP contribution in [0, 0.1) is 0 Å². The summed E-state index contributed by atoms with van der Waals surface area (Å²) in [5.74, 6) is -0.671. The molecule has 4 heterocycles.